The monoisotopic (exact) mass is 1190 g/mol. The molecule has 2 aliphatic carbocycles. The van der Waals surface area contributed by atoms with Crippen LogP contribution in [0.5, 0.6) is 0 Å². The summed E-state index contributed by atoms with van der Waals surface area (Å²) in [7, 11) is -3.70. The van der Waals surface area contributed by atoms with Crippen molar-refractivity contribution < 1.29 is 8.42 Å². The van der Waals surface area contributed by atoms with Crippen LogP contribution in [0, 0.1) is 11.3 Å². The van der Waals surface area contributed by atoms with Crippen LogP contribution >= 0.6 is 11.7 Å². The van der Waals surface area contributed by atoms with Gasteiger partial charge in [-0.2, -0.15) is 8.75 Å². The van der Waals surface area contributed by atoms with Gasteiger partial charge in [-0.15, -0.1) is 0 Å². The van der Waals surface area contributed by atoms with Crippen LogP contribution in [-0.4, -0.2) is 21.7 Å². The third-order valence-corrected chi connectivity index (χ3v) is 20.9. The highest BCUT2D eigenvalue weighted by Gasteiger charge is 2.50. The fraction of sp³-hybridized carbons (Fsp3) is 0.136. The maximum absolute atomic E-state index is 13.7. The SMILES string of the molecule is CC(C)(C)C1=CCC(C2(c3ccc(C(C)(C)C)cc3)c3ccccc3-c3c(-c4ccc(N(c5ccc(-c6ccccc6)cc5)c5ccc(-c6ccc7c8ccccc8n(-c8ccc(S(=O)(=O)c9ccccc9)cc8)c7c6)c6nsnc56)cc4)cccc32)C=C1. The van der Waals surface area contributed by atoms with E-state index in [1.54, 1.807) is 36.4 Å². The largest absolute Gasteiger partial charge is 0.309 e. The third kappa shape index (κ3) is 9.38. The maximum Gasteiger partial charge on any atom is 0.206 e. The lowest BCUT2D eigenvalue weighted by molar-refractivity contribution is 0.441. The van der Waals surface area contributed by atoms with Crippen LogP contribution in [0.2, 0.25) is 0 Å². The molecule has 15 rings (SSSR count). The average Bonchev–Trinajstić information content (AvgIpc) is 1.56. The topological polar surface area (TPSA) is 68.1 Å². The van der Waals surface area contributed by atoms with Crippen molar-refractivity contribution in [1.82, 2.24) is 13.3 Å². The first-order valence-corrected chi connectivity index (χ1v) is 32.9. The fourth-order valence-corrected chi connectivity index (χ4v) is 16.0. The van der Waals surface area contributed by atoms with Crippen LogP contribution in [0.1, 0.15) is 70.2 Å². The number of rotatable bonds is 11. The Labute approximate surface area is 525 Å². The minimum Gasteiger partial charge on any atom is -0.309 e. The number of benzene rings is 11. The van der Waals surface area contributed by atoms with Crippen LogP contribution in [0.15, 0.2) is 288 Å². The summed E-state index contributed by atoms with van der Waals surface area (Å²) in [5.41, 5.74) is 22.9. The Morgan fingerprint density at radius 2 is 1.09 bits per heavy atom. The van der Waals surface area contributed by atoms with Crippen molar-refractivity contribution in [2.45, 2.75) is 68.6 Å². The molecule has 89 heavy (non-hydrogen) atoms. The zero-order valence-corrected chi connectivity index (χ0v) is 52.3. The van der Waals surface area contributed by atoms with E-state index in [1.165, 1.54) is 56.2 Å². The van der Waals surface area contributed by atoms with E-state index in [1.807, 2.05) is 24.3 Å². The molecule has 6 nitrogen and oxygen atoms in total. The van der Waals surface area contributed by atoms with Gasteiger partial charge in [-0.1, -0.05) is 230 Å². The number of allylic oxidation sites excluding steroid dienone is 4. The normalized spacial score (nSPS) is 15.8. The molecule has 2 unspecified atom stereocenters. The summed E-state index contributed by atoms with van der Waals surface area (Å²) in [5.74, 6) is 0.187. The average molecular weight is 1190 g/mol. The highest BCUT2D eigenvalue weighted by molar-refractivity contribution is 7.91. The molecule has 2 aliphatic rings. The van der Waals surface area contributed by atoms with Gasteiger partial charge in [0.25, 0.3) is 0 Å². The van der Waals surface area contributed by atoms with Gasteiger partial charge in [-0.3, -0.25) is 0 Å². The van der Waals surface area contributed by atoms with E-state index in [9.17, 15) is 8.42 Å². The van der Waals surface area contributed by atoms with E-state index < -0.39 is 15.3 Å². The fourth-order valence-electron chi connectivity index (χ4n) is 14.1. The van der Waals surface area contributed by atoms with Crippen LogP contribution in [-0.2, 0) is 20.7 Å². The second kappa shape index (κ2) is 21.5. The van der Waals surface area contributed by atoms with Crippen molar-refractivity contribution in [2.24, 2.45) is 11.3 Å². The minimum atomic E-state index is -3.70. The summed E-state index contributed by atoms with van der Waals surface area (Å²) in [5, 5.41) is 2.19. The lowest BCUT2D eigenvalue weighted by Gasteiger charge is -2.41. The van der Waals surface area contributed by atoms with Crippen molar-refractivity contribution in [1.29, 1.82) is 0 Å². The zero-order valence-electron chi connectivity index (χ0n) is 50.7. The molecular weight excluding hydrogens is 1130 g/mol. The molecule has 0 saturated heterocycles. The Morgan fingerprint density at radius 1 is 0.494 bits per heavy atom. The molecule has 0 N–H and O–H groups in total. The van der Waals surface area contributed by atoms with Gasteiger partial charge in [0, 0.05) is 33.4 Å². The van der Waals surface area contributed by atoms with Crippen LogP contribution in [0.3, 0.4) is 0 Å². The Balaban J connectivity index is 0.842. The van der Waals surface area contributed by atoms with Crippen LogP contribution in [0.4, 0.5) is 17.1 Å². The number of para-hydroxylation sites is 1. The predicted octanol–water partition coefficient (Wildman–Crippen LogP) is 21.3. The van der Waals surface area contributed by atoms with E-state index in [-0.39, 0.29) is 26.5 Å². The number of anilines is 3. The second-order valence-electron chi connectivity index (χ2n) is 25.8. The van der Waals surface area contributed by atoms with E-state index in [0.29, 0.717) is 0 Å². The first-order valence-electron chi connectivity index (χ1n) is 30.6. The Morgan fingerprint density at radius 3 is 1.79 bits per heavy atom. The smallest absolute Gasteiger partial charge is 0.206 e. The molecule has 2 aromatic heterocycles. The van der Waals surface area contributed by atoms with Crippen LogP contribution in [0.25, 0.3) is 83.0 Å². The first kappa shape index (κ1) is 55.8. The van der Waals surface area contributed by atoms with Gasteiger partial charge in [-0.25, -0.2) is 8.42 Å². The van der Waals surface area contributed by atoms with E-state index >= 15 is 0 Å². The highest BCUT2D eigenvalue weighted by atomic mass is 32.2. The molecule has 2 heterocycles. The van der Waals surface area contributed by atoms with Gasteiger partial charge in [0.05, 0.1) is 43.7 Å². The number of hydrogen-bond acceptors (Lipinski definition) is 6. The number of fused-ring (bicyclic) bond motifs is 7. The van der Waals surface area contributed by atoms with E-state index in [2.05, 4.69) is 263 Å². The molecule has 0 spiro atoms. The highest BCUT2D eigenvalue weighted by Crippen LogP contribution is 2.60. The molecule has 0 aliphatic heterocycles. The molecule has 0 bridgehead atoms. The summed E-state index contributed by atoms with van der Waals surface area (Å²) in [4.78, 5) is 2.83. The quantitative estimate of drug-likeness (QED) is 0.129. The number of nitrogens with zero attached hydrogens (tertiary/aromatic N) is 4. The molecule has 13 aromatic rings. The molecule has 8 heteroatoms. The molecule has 2 atom stereocenters. The summed E-state index contributed by atoms with van der Waals surface area (Å²) in [6, 6.07) is 89.3. The molecular formula is C81H66N4O2S2. The zero-order chi connectivity index (χ0) is 60.8. The summed E-state index contributed by atoms with van der Waals surface area (Å²) in [6.45, 7) is 13.8. The van der Waals surface area contributed by atoms with Crippen LogP contribution < -0.4 is 4.90 Å². The van der Waals surface area contributed by atoms with Crippen molar-refractivity contribution >= 4 is 71.5 Å². The maximum atomic E-state index is 13.7. The number of aromatic nitrogens is 3. The molecule has 11 aromatic carbocycles. The molecule has 0 amide bonds. The van der Waals surface area contributed by atoms with Gasteiger partial charge < -0.3 is 9.47 Å². The summed E-state index contributed by atoms with van der Waals surface area (Å²) < 4.78 is 39.8. The molecule has 0 fully saturated rings. The number of hydrogen-bond donors (Lipinski definition) is 0. The lowest BCUT2D eigenvalue weighted by atomic mass is 9.61. The van der Waals surface area contributed by atoms with Gasteiger partial charge in [0.15, 0.2) is 0 Å². The van der Waals surface area contributed by atoms with Gasteiger partial charge in [-0.05, 0) is 175 Å². The summed E-state index contributed by atoms with van der Waals surface area (Å²) >= 11 is 1.22. The minimum absolute atomic E-state index is 0.0250. The van der Waals surface area contributed by atoms with E-state index in [4.69, 9.17) is 8.75 Å². The van der Waals surface area contributed by atoms with Gasteiger partial charge in [0.1, 0.15) is 11.0 Å². The Kier molecular flexibility index (Phi) is 13.5. The molecule has 0 radical (unpaired) electrons. The van der Waals surface area contributed by atoms with Gasteiger partial charge >= 0.3 is 0 Å². The Hall–Kier alpha value is -9.73. The molecule has 0 saturated carbocycles. The first-order chi connectivity index (χ1) is 43.2. The number of sulfone groups is 1. The van der Waals surface area contributed by atoms with E-state index in [0.717, 1.165) is 89.8 Å². The standard InChI is InChI=1S/C81H66N4O2S2/c1-79(2,3)57-33-37-59(38-34-57)81(60-39-35-58(36-40-60)80(4,5)6)71-25-15-13-23-70(71)76-66(24-17-26-72(76)81)55-30-43-62(44-31-55)84(61-41-28-54(29-42-61)53-18-9-7-10-19-53)74-51-50-67(77-78(74)83-88-82-77)56-32-49-69-68-22-14-16-27-73(68)85(75(69)52-56)63-45-47-65(48-46-63)89(86,87)64-20-11-8-12-21-64/h7-39,41-52,60H,40H2,1-6H3. The second-order valence-corrected chi connectivity index (χ2v) is 28.3. The van der Waals surface area contributed by atoms with Crippen molar-refractivity contribution in [3.8, 4) is 50.2 Å². The lowest BCUT2D eigenvalue weighted by Crippen LogP contribution is -2.36. The predicted molar refractivity (Wildman–Crippen MR) is 370 cm³/mol. The van der Waals surface area contributed by atoms with Crippen molar-refractivity contribution in [2.75, 3.05) is 4.90 Å². The van der Waals surface area contributed by atoms with Gasteiger partial charge in [0.2, 0.25) is 9.84 Å². The van der Waals surface area contributed by atoms with Crippen molar-refractivity contribution in [3.05, 3.63) is 301 Å². The third-order valence-electron chi connectivity index (χ3n) is 18.6. The molecule has 434 valence electrons. The Bertz CT molecular complexity index is 5050. The summed E-state index contributed by atoms with van der Waals surface area (Å²) in [6.07, 6.45) is 8.35. The van der Waals surface area contributed by atoms with Crippen molar-refractivity contribution in [3.63, 3.8) is 0 Å².